The van der Waals surface area contributed by atoms with Crippen molar-refractivity contribution in [3.05, 3.63) is 24.3 Å². The van der Waals surface area contributed by atoms with Gasteiger partial charge in [-0.3, -0.25) is 0 Å². The molecule has 0 aromatic heterocycles. The van der Waals surface area contributed by atoms with Crippen LogP contribution in [-0.4, -0.2) is 0 Å². The molecule has 0 N–H and O–H groups in total. The Balaban J connectivity index is 0. The molecular weight excluding hydrogens is 348 g/mol. The molecule has 0 aromatic rings. The van der Waals surface area contributed by atoms with Gasteiger partial charge in [-0.2, -0.15) is 0 Å². The number of hydrogen-bond acceptors (Lipinski definition) is 0. The predicted octanol–water partition coefficient (Wildman–Crippen LogP) is 10.9. The molecule has 0 amide bonds. The highest BCUT2D eigenvalue weighted by Crippen LogP contribution is 2.32. The number of allylic oxidation sites excluding steroid dienone is 2. The van der Waals surface area contributed by atoms with Crippen LogP contribution in [0.1, 0.15) is 145 Å². The van der Waals surface area contributed by atoms with Crippen LogP contribution in [-0.2, 0) is 0 Å². The number of unbranched alkanes of at least 4 members (excludes halogenated alkanes) is 2. The van der Waals surface area contributed by atoms with E-state index in [1.165, 1.54) is 107 Å². The predicted molar refractivity (Wildman–Crippen MR) is 138 cm³/mol. The van der Waals surface area contributed by atoms with Gasteiger partial charge in [-0.1, -0.05) is 116 Å². The fraction of sp³-hybridized carbons (Fsp3) is 0.862. The van der Waals surface area contributed by atoms with E-state index < -0.39 is 0 Å². The van der Waals surface area contributed by atoms with E-state index in [0.29, 0.717) is 0 Å². The summed E-state index contributed by atoms with van der Waals surface area (Å²) in [7, 11) is 0. The Kier molecular flexibility index (Phi) is 23.4. The van der Waals surface area contributed by atoms with Crippen molar-refractivity contribution in [3.8, 4) is 0 Å². The van der Waals surface area contributed by atoms with Gasteiger partial charge in [0.05, 0.1) is 0 Å². The molecule has 0 aliphatic heterocycles. The monoisotopic (exact) mass is 406 g/mol. The van der Waals surface area contributed by atoms with E-state index in [2.05, 4.69) is 61.6 Å². The average Bonchev–Trinajstić information content (AvgIpc) is 2.66. The lowest BCUT2D eigenvalue weighted by molar-refractivity contribution is 0.237. The van der Waals surface area contributed by atoms with E-state index in [1.54, 1.807) is 0 Å². The van der Waals surface area contributed by atoms with Crippen molar-refractivity contribution in [3.63, 3.8) is 0 Å². The summed E-state index contributed by atoms with van der Waals surface area (Å²) in [5, 5.41) is 0. The maximum Gasteiger partial charge on any atom is -0.0326 e. The lowest BCUT2D eigenvalue weighted by atomic mass is 9.78. The highest BCUT2D eigenvalue weighted by atomic mass is 14.3. The molecule has 0 bridgehead atoms. The van der Waals surface area contributed by atoms with Crippen LogP contribution in [0.15, 0.2) is 24.3 Å². The van der Waals surface area contributed by atoms with Gasteiger partial charge in [0.15, 0.2) is 0 Å². The Morgan fingerprint density at radius 1 is 0.793 bits per heavy atom. The second-order valence-corrected chi connectivity index (χ2v) is 9.97. The Hall–Kier alpha value is -0.520. The van der Waals surface area contributed by atoms with E-state index in [-0.39, 0.29) is 0 Å². The number of hydrogen-bond donors (Lipinski definition) is 0. The van der Waals surface area contributed by atoms with Crippen LogP contribution in [0.4, 0.5) is 0 Å². The maximum atomic E-state index is 3.85. The summed E-state index contributed by atoms with van der Waals surface area (Å²) in [5.41, 5.74) is 2.59. The zero-order chi connectivity index (χ0) is 22.5. The second kappa shape index (κ2) is 22.2. The van der Waals surface area contributed by atoms with E-state index >= 15 is 0 Å². The Morgan fingerprint density at radius 3 is 1.66 bits per heavy atom. The van der Waals surface area contributed by atoms with Gasteiger partial charge in [-0.15, -0.1) is 13.2 Å². The summed E-state index contributed by atoms with van der Waals surface area (Å²) in [5.74, 6) is 3.06. The standard InChI is InChI=1S/C11H22.C10H18.C8H18/c1-3-4-8-11-9-6-5-7-10(11)2;1-9(2)7-5-6-8-10(3)4;1-4-6-8(3)7-5-2/h10-11H,3-9H2,1-2H3;1,3,5-8H2,2,4H3;8H,4-7H2,1-3H3. The summed E-state index contributed by atoms with van der Waals surface area (Å²) >= 11 is 0. The maximum absolute atomic E-state index is 3.85. The van der Waals surface area contributed by atoms with Crippen molar-refractivity contribution in [2.24, 2.45) is 17.8 Å². The molecular formula is C29H58. The average molecular weight is 407 g/mol. The molecule has 0 radical (unpaired) electrons. The van der Waals surface area contributed by atoms with Gasteiger partial charge in [0.2, 0.25) is 0 Å². The smallest absolute Gasteiger partial charge is 0.0326 e. The van der Waals surface area contributed by atoms with Crippen molar-refractivity contribution < 1.29 is 0 Å². The molecule has 1 aliphatic carbocycles. The lowest BCUT2D eigenvalue weighted by Gasteiger charge is -2.28. The minimum atomic E-state index is 0.963. The highest BCUT2D eigenvalue weighted by molar-refractivity contribution is 4.90. The normalized spacial score (nSPS) is 18.3. The number of rotatable bonds is 12. The van der Waals surface area contributed by atoms with Crippen molar-refractivity contribution in [1.82, 2.24) is 0 Å². The lowest BCUT2D eigenvalue weighted by Crippen LogP contribution is -2.16. The van der Waals surface area contributed by atoms with E-state index in [0.717, 1.165) is 17.8 Å². The molecule has 1 aliphatic rings. The van der Waals surface area contributed by atoms with Crippen molar-refractivity contribution in [2.45, 2.75) is 145 Å². The van der Waals surface area contributed by atoms with Crippen LogP contribution in [0, 0.1) is 17.8 Å². The molecule has 1 rings (SSSR count). The van der Waals surface area contributed by atoms with Crippen molar-refractivity contribution >= 4 is 0 Å². The first-order chi connectivity index (χ1) is 13.8. The minimum absolute atomic E-state index is 0.963. The third-order valence-electron chi connectivity index (χ3n) is 6.24. The third kappa shape index (κ3) is 23.6. The van der Waals surface area contributed by atoms with Gasteiger partial charge >= 0.3 is 0 Å². The molecule has 0 saturated heterocycles. The molecule has 2 atom stereocenters. The minimum Gasteiger partial charge on any atom is -0.100 e. The summed E-state index contributed by atoms with van der Waals surface area (Å²) in [6.45, 7) is 23.5. The molecule has 1 fully saturated rings. The summed E-state index contributed by atoms with van der Waals surface area (Å²) < 4.78 is 0. The van der Waals surface area contributed by atoms with E-state index in [4.69, 9.17) is 0 Å². The zero-order valence-corrected chi connectivity index (χ0v) is 21.8. The Bertz CT molecular complexity index is 342. The molecule has 0 aromatic carbocycles. The fourth-order valence-corrected chi connectivity index (χ4v) is 4.27. The topological polar surface area (TPSA) is 0 Å². The van der Waals surface area contributed by atoms with Crippen LogP contribution in [0.5, 0.6) is 0 Å². The molecule has 0 nitrogen and oxygen atoms in total. The van der Waals surface area contributed by atoms with Crippen LogP contribution in [0.2, 0.25) is 0 Å². The largest absolute Gasteiger partial charge is 0.100 e. The molecule has 2 unspecified atom stereocenters. The zero-order valence-electron chi connectivity index (χ0n) is 21.8. The molecule has 0 heterocycles. The Morgan fingerprint density at radius 2 is 1.28 bits per heavy atom. The third-order valence-corrected chi connectivity index (χ3v) is 6.24. The van der Waals surface area contributed by atoms with Gasteiger partial charge in [0.25, 0.3) is 0 Å². The van der Waals surface area contributed by atoms with Crippen LogP contribution < -0.4 is 0 Å². The van der Waals surface area contributed by atoms with Gasteiger partial charge in [-0.05, 0) is 57.3 Å². The molecule has 0 heteroatoms. The Labute approximate surface area is 187 Å². The fourth-order valence-electron chi connectivity index (χ4n) is 4.27. The van der Waals surface area contributed by atoms with Crippen molar-refractivity contribution in [2.75, 3.05) is 0 Å². The quantitative estimate of drug-likeness (QED) is 0.223. The molecule has 0 spiro atoms. The summed E-state index contributed by atoms with van der Waals surface area (Å²) in [6, 6.07) is 0. The highest BCUT2D eigenvalue weighted by Gasteiger charge is 2.19. The SMILES string of the molecule is C=C(C)CCCCC(=C)C.CCCC(C)CCC.CCCCC1CCCCC1C. The van der Waals surface area contributed by atoms with Gasteiger partial charge in [0, 0.05) is 0 Å². The van der Waals surface area contributed by atoms with Crippen LogP contribution in [0.25, 0.3) is 0 Å². The summed E-state index contributed by atoms with van der Waals surface area (Å²) in [6.07, 6.45) is 20.7. The first-order valence-corrected chi connectivity index (χ1v) is 13.1. The summed E-state index contributed by atoms with van der Waals surface area (Å²) in [4.78, 5) is 0. The van der Waals surface area contributed by atoms with Gasteiger partial charge in [-0.25, -0.2) is 0 Å². The van der Waals surface area contributed by atoms with Crippen LogP contribution in [0.3, 0.4) is 0 Å². The van der Waals surface area contributed by atoms with E-state index in [1.807, 2.05) is 0 Å². The van der Waals surface area contributed by atoms with E-state index in [9.17, 15) is 0 Å². The molecule has 1 saturated carbocycles. The first kappa shape index (κ1) is 30.7. The molecule has 174 valence electrons. The molecule has 29 heavy (non-hydrogen) atoms. The first-order valence-electron chi connectivity index (χ1n) is 13.1. The second-order valence-electron chi connectivity index (χ2n) is 9.97. The van der Waals surface area contributed by atoms with Crippen molar-refractivity contribution in [1.29, 1.82) is 0 Å². The van der Waals surface area contributed by atoms with Crippen LogP contribution >= 0.6 is 0 Å². The van der Waals surface area contributed by atoms with Gasteiger partial charge < -0.3 is 0 Å². The van der Waals surface area contributed by atoms with Gasteiger partial charge in [0.1, 0.15) is 0 Å².